The van der Waals surface area contributed by atoms with Gasteiger partial charge in [-0.1, -0.05) is 0 Å². The fourth-order valence-corrected chi connectivity index (χ4v) is 2.12. The summed E-state index contributed by atoms with van der Waals surface area (Å²) < 4.78 is 4.88. The highest BCUT2D eigenvalue weighted by molar-refractivity contribution is 6.07. The quantitative estimate of drug-likeness (QED) is 0.383. The predicted octanol–water partition coefficient (Wildman–Crippen LogP) is 3.02. The Bertz CT molecular complexity index is 941. The molecule has 0 saturated carbocycles. The van der Waals surface area contributed by atoms with Crippen LogP contribution in [-0.4, -0.2) is 29.6 Å². The molecule has 0 aliphatic rings. The van der Waals surface area contributed by atoms with Crippen LogP contribution in [0, 0.1) is 11.3 Å². The highest BCUT2D eigenvalue weighted by Gasteiger charge is 2.11. The van der Waals surface area contributed by atoms with E-state index < -0.39 is 17.8 Å². The predicted molar refractivity (Wildman–Crippen MR) is 102 cm³/mol. The zero-order valence-corrected chi connectivity index (χ0v) is 14.9. The Morgan fingerprint density at radius 2 is 1.61 bits per heavy atom. The third-order valence-corrected chi connectivity index (χ3v) is 3.53. The molecule has 0 atom stereocenters. The average molecular weight is 379 g/mol. The second-order valence-corrected chi connectivity index (χ2v) is 5.45. The summed E-state index contributed by atoms with van der Waals surface area (Å²) in [6, 6.07) is 13.7. The van der Waals surface area contributed by atoms with Gasteiger partial charge in [-0.15, -0.1) is 0 Å². The molecule has 0 heterocycles. The zero-order chi connectivity index (χ0) is 20.5. The number of anilines is 2. The summed E-state index contributed by atoms with van der Waals surface area (Å²) in [5.74, 6) is -2.15. The Morgan fingerprint density at radius 3 is 2.14 bits per heavy atom. The SMILES string of the molecule is CCOC(=O)c1ccc(NC(=O)/C(C#N)=C\Nc2ccc(C(=O)O)cc2)cc1. The van der Waals surface area contributed by atoms with Crippen LogP contribution < -0.4 is 10.6 Å². The first-order valence-electron chi connectivity index (χ1n) is 8.23. The molecule has 0 aliphatic carbocycles. The molecule has 3 N–H and O–H groups in total. The van der Waals surface area contributed by atoms with Crippen LogP contribution in [-0.2, 0) is 9.53 Å². The number of carboxylic acids is 1. The van der Waals surface area contributed by atoms with Crippen molar-refractivity contribution in [3.63, 3.8) is 0 Å². The van der Waals surface area contributed by atoms with Gasteiger partial charge in [0.05, 0.1) is 17.7 Å². The Balaban J connectivity index is 2.02. The van der Waals surface area contributed by atoms with Crippen molar-refractivity contribution < 1.29 is 24.2 Å². The fourth-order valence-electron chi connectivity index (χ4n) is 2.12. The lowest BCUT2D eigenvalue weighted by Crippen LogP contribution is -2.14. The molecule has 2 aromatic carbocycles. The summed E-state index contributed by atoms with van der Waals surface area (Å²) >= 11 is 0. The molecule has 0 bridgehead atoms. The van der Waals surface area contributed by atoms with Crippen LogP contribution in [0.5, 0.6) is 0 Å². The summed E-state index contributed by atoms with van der Waals surface area (Å²) in [4.78, 5) is 34.7. The van der Waals surface area contributed by atoms with E-state index in [0.29, 0.717) is 16.9 Å². The molecule has 0 fully saturated rings. The molecule has 8 heteroatoms. The Morgan fingerprint density at radius 1 is 1.04 bits per heavy atom. The molecule has 28 heavy (non-hydrogen) atoms. The second-order valence-electron chi connectivity index (χ2n) is 5.45. The number of amides is 1. The van der Waals surface area contributed by atoms with Crippen LogP contribution in [0.15, 0.2) is 60.3 Å². The van der Waals surface area contributed by atoms with Crippen LogP contribution >= 0.6 is 0 Å². The van der Waals surface area contributed by atoms with E-state index in [1.807, 2.05) is 0 Å². The lowest BCUT2D eigenvalue weighted by molar-refractivity contribution is -0.112. The number of carbonyl (C=O) groups excluding carboxylic acids is 2. The molecule has 0 spiro atoms. The van der Waals surface area contributed by atoms with Crippen LogP contribution in [0.4, 0.5) is 11.4 Å². The number of nitrogens with zero attached hydrogens (tertiary/aromatic N) is 1. The Hall–Kier alpha value is -4.12. The summed E-state index contributed by atoms with van der Waals surface area (Å²) in [6.45, 7) is 1.97. The molecule has 1 amide bonds. The van der Waals surface area contributed by atoms with Crippen LogP contribution in [0.25, 0.3) is 0 Å². The highest BCUT2D eigenvalue weighted by Crippen LogP contribution is 2.13. The van der Waals surface area contributed by atoms with E-state index in [1.54, 1.807) is 13.0 Å². The van der Waals surface area contributed by atoms with Crippen molar-refractivity contribution in [1.29, 1.82) is 5.26 Å². The van der Waals surface area contributed by atoms with E-state index >= 15 is 0 Å². The molecule has 0 saturated heterocycles. The molecule has 0 radical (unpaired) electrons. The van der Waals surface area contributed by atoms with Crippen molar-refractivity contribution in [1.82, 2.24) is 0 Å². The standard InChI is InChI=1S/C20H17N3O5/c1-2-28-20(27)14-5-9-17(10-6-14)23-18(24)15(11-21)12-22-16-7-3-13(4-8-16)19(25)26/h3-10,12,22H,2H2,1H3,(H,23,24)(H,25,26)/b15-12-. The normalized spacial score (nSPS) is 10.5. The average Bonchev–Trinajstić information content (AvgIpc) is 2.69. The van der Waals surface area contributed by atoms with Gasteiger partial charge in [0, 0.05) is 17.6 Å². The smallest absolute Gasteiger partial charge is 0.338 e. The number of hydrogen-bond acceptors (Lipinski definition) is 6. The Labute approximate surface area is 161 Å². The maximum atomic E-state index is 12.2. The number of esters is 1. The van der Waals surface area contributed by atoms with Gasteiger partial charge in [-0.05, 0) is 55.5 Å². The fraction of sp³-hybridized carbons (Fsp3) is 0.100. The van der Waals surface area contributed by atoms with Gasteiger partial charge < -0.3 is 20.5 Å². The Kier molecular flexibility index (Phi) is 6.88. The minimum absolute atomic E-state index is 0.124. The molecular formula is C20H17N3O5. The van der Waals surface area contributed by atoms with Gasteiger partial charge in [0.1, 0.15) is 11.6 Å². The number of rotatable bonds is 7. The van der Waals surface area contributed by atoms with E-state index in [9.17, 15) is 19.6 Å². The first-order valence-corrected chi connectivity index (χ1v) is 8.23. The van der Waals surface area contributed by atoms with Crippen molar-refractivity contribution in [2.24, 2.45) is 0 Å². The van der Waals surface area contributed by atoms with Crippen molar-refractivity contribution in [3.8, 4) is 6.07 Å². The van der Waals surface area contributed by atoms with E-state index in [1.165, 1.54) is 54.7 Å². The highest BCUT2D eigenvalue weighted by atomic mass is 16.5. The third-order valence-electron chi connectivity index (χ3n) is 3.53. The van der Waals surface area contributed by atoms with Crippen LogP contribution in [0.3, 0.4) is 0 Å². The van der Waals surface area contributed by atoms with Crippen LogP contribution in [0.2, 0.25) is 0 Å². The van der Waals surface area contributed by atoms with Crippen molar-refractivity contribution >= 4 is 29.2 Å². The number of ether oxygens (including phenoxy) is 1. The number of hydrogen-bond donors (Lipinski definition) is 3. The number of nitrogens with one attached hydrogen (secondary N) is 2. The van der Waals surface area contributed by atoms with E-state index in [2.05, 4.69) is 10.6 Å². The molecule has 0 unspecified atom stereocenters. The zero-order valence-electron chi connectivity index (χ0n) is 14.9. The number of nitriles is 1. The molecular weight excluding hydrogens is 362 g/mol. The number of carbonyl (C=O) groups is 3. The molecule has 2 aromatic rings. The minimum atomic E-state index is -1.05. The van der Waals surface area contributed by atoms with Gasteiger partial charge in [-0.3, -0.25) is 4.79 Å². The summed E-state index contributed by atoms with van der Waals surface area (Å²) in [6.07, 6.45) is 1.22. The summed E-state index contributed by atoms with van der Waals surface area (Å²) in [7, 11) is 0. The number of aromatic carboxylic acids is 1. The van der Waals surface area contributed by atoms with Gasteiger partial charge >= 0.3 is 11.9 Å². The topological polar surface area (TPSA) is 129 Å². The van der Waals surface area contributed by atoms with Gasteiger partial charge in [0.15, 0.2) is 0 Å². The van der Waals surface area contributed by atoms with Gasteiger partial charge in [0.2, 0.25) is 0 Å². The van der Waals surface area contributed by atoms with Gasteiger partial charge in [0.25, 0.3) is 5.91 Å². The number of benzene rings is 2. The first kappa shape index (κ1) is 20.2. The van der Waals surface area contributed by atoms with Crippen LogP contribution in [0.1, 0.15) is 27.6 Å². The van der Waals surface area contributed by atoms with Crippen molar-refractivity contribution in [3.05, 3.63) is 71.4 Å². The molecule has 0 aliphatic heterocycles. The second kappa shape index (κ2) is 9.54. The van der Waals surface area contributed by atoms with E-state index in [0.717, 1.165) is 0 Å². The third kappa shape index (κ3) is 5.44. The number of carboxylic acid groups (broad SMARTS) is 1. The molecule has 142 valence electrons. The maximum Gasteiger partial charge on any atom is 0.338 e. The molecule has 0 aromatic heterocycles. The monoisotopic (exact) mass is 379 g/mol. The largest absolute Gasteiger partial charge is 0.478 e. The minimum Gasteiger partial charge on any atom is -0.478 e. The lowest BCUT2D eigenvalue weighted by Gasteiger charge is -2.07. The first-order chi connectivity index (χ1) is 13.4. The molecule has 8 nitrogen and oxygen atoms in total. The van der Waals surface area contributed by atoms with Gasteiger partial charge in [-0.25, -0.2) is 9.59 Å². The lowest BCUT2D eigenvalue weighted by atomic mass is 10.2. The maximum absolute atomic E-state index is 12.2. The molecule has 2 rings (SSSR count). The van der Waals surface area contributed by atoms with E-state index in [4.69, 9.17) is 9.84 Å². The van der Waals surface area contributed by atoms with Gasteiger partial charge in [-0.2, -0.15) is 5.26 Å². The van der Waals surface area contributed by atoms with E-state index in [-0.39, 0.29) is 17.7 Å². The van der Waals surface area contributed by atoms with Crippen molar-refractivity contribution in [2.45, 2.75) is 6.92 Å². The van der Waals surface area contributed by atoms with Crippen molar-refractivity contribution in [2.75, 3.05) is 17.2 Å². The summed E-state index contributed by atoms with van der Waals surface area (Å²) in [5, 5.41) is 23.4. The summed E-state index contributed by atoms with van der Waals surface area (Å²) in [5.41, 5.74) is 1.22.